The molecule has 0 saturated heterocycles. The molecule has 0 aliphatic carbocycles. The molecule has 0 aliphatic rings. The Bertz CT molecular complexity index is 689. The summed E-state index contributed by atoms with van der Waals surface area (Å²) in [4.78, 5) is 0. The molecule has 170 valence electrons. The van der Waals surface area contributed by atoms with Crippen LogP contribution in [-0.2, 0) is 0 Å². The summed E-state index contributed by atoms with van der Waals surface area (Å²) >= 11 is -2.82. The van der Waals surface area contributed by atoms with Gasteiger partial charge in [-0.2, -0.15) is 0 Å². The molecule has 32 heavy (non-hydrogen) atoms. The fourth-order valence-corrected chi connectivity index (χ4v) is 20.8. The van der Waals surface area contributed by atoms with E-state index in [0.717, 1.165) is 0 Å². The molecule has 0 amide bonds. The summed E-state index contributed by atoms with van der Waals surface area (Å²) in [5.41, 5.74) is 0. The molecule has 2 radical (unpaired) electrons. The van der Waals surface area contributed by atoms with Gasteiger partial charge in [0, 0.05) is 0 Å². The van der Waals surface area contributed by atoms with Gasteiger partial charge in [-0.3, -0.25) is 0 Å². The van der Waals surface area contributed by atoms with E-state index in [9.17, 15) is 0 Å². The van der Waals surface area contributed by atoms with E-state index in [4.69, 9.17) is 0 Å². The third-order valence-corrected chi connectivity index (χ3v) is 22.7. The van der Waals surface area contributed by atoms with Crippen molar-refractivity contribution < 1.29 is 0 Å². The van der Waals surface area contributed by atoms with Crippen LogP contribution in [0.25, 0.3) is 0 Å². The van der Waals surface area contributed by atoms with Gasteiger partial charge in [0.25, 0.3) is 0 Å². The van der Waals surface area contributed by atoms with Crippen LogP contribution in [0.5, 0.6) is 0 Å². The second-order valence-corrected chi connectivity index (χ2v) is 24.2. The van der Waals surface area contributed by atoms with Crippen LogP contribution in [-0.4, -0.2) is 39.5 Å². The fraction of sp³-hybridized carbons (Fsp3) is 0.400. The van der Waals surface area contributed by atoms with E-state index in [-0.39, 0.29) is 0 Å². The summed E-state index contributed by atoms with van der Waals surface area (Å²) in [7, 11) is 0. The molecule has 0 aliphatic heterocycles. The van der Waals surface area contributed by atoms with Crippen molar-refractivity contribution in [2.24, 2.45) is 0 Å². The minimum absolute atomic E-state index is 0.839. The van der Waals surface area contributed by atoms with Crippen LogP contribution < -0.4 is 10.7 Å². The van der Waals surface area contributed by atoms with Gasteiger partial charge < -0.3 is 0 Å². The van der Waals surface area contributed by atoms with Gasteiger partial charge in [0.05, 0.1) is 0 Å². The molecule has 3 aromatic carbocycles. The Hall–Kier alpha value is -0.743. The van der Waals surface area contributed by atoms with Crippen molar-refractivity contribution in [1.29, 1.82) is 0 Å². The fourth-order valence-electron chi connectivity index (χ4n) is 3.97. The average Bonchev–Trinajstić information content (AvgIpc) is 2.86. The van der Waals surface area contributed by atoms with Gasteiger partial charge in [-0.25, -0.2) is 0 Å². The third kappa shape index (κ3) is 10.5. The van der Waals surface area contributed by atoms with E-state index in [1.807, 2.05) is 0 Å². The summed E-state index contributed by atoms with van der Waals surface area (Å²) in [6, 6.07) is 32.9. The van der Waals surface area contributed by atoms with Crippen molar-refractivity contribution in [3.63, 3.8) is 0 Å². The van der Waals surface area contributed by atoms with Gasteiger partial charge in [-0.1, -0.05) is 0 Å². The molecule has 0 fully saturated rings. The first-order chi connectivity index (χ1) is 15.8. The van der Waals surface area contributed by atoms with Crippen molar-refractivity contribution >= 4 is 50.3 Å². The molecule has 0 atom stereocenters. The van der Waals surface area contributed by atoms with Gasteiger partial charge in [-0.15, -0.1) is 0 Å². The van der Waals surface area contributed by atoms with Gasteiger partial charge in [0.15, 0.2) is 0 Å². The van der Waals surface area contributed by atoms with E-state index in [2.05, 4.69) is 112 Å². The van der Waals surface area contributed by atoms with Crippen molar-refractivity contribution in [1.82, 2.24) is 0 Å². The van der Waals surface area contributed by atoms with Crippen LogP contribution in [0, 0.1) is 0 Å². The van der Waals surface area contributed by atoms with Crippen molar-refractivity contribution in [2.45, 2.75) is 72.6 Å². The van der Waals surface area contributed by atoms with Crippen molar-refractivity contribution in [3.05, 3.63) is 91.0 Å². The molecule has 0 saturated carbocycles. The Morgan fingerprint density at radius 1 is 0.438 bits per heavy atom. The van der Waals surface area contributed by atoms with Crippen LogP contribution in [0.2, 0.25) is 13.3 Å². The number of benzene rings is 3. The summed E-state index contributed by atoms with van der Waals surface area (Å²) in [5, 5.41) is 0. The molecule has 0 aromatic heterocycles. The Kier molecular flexibility index (Phi) is 15.2. The predicted molar refractivity (Wildman–Crippen MR) is 149 cm³/mol. The number of rotatable bonds is 12. The Balaban J connectivity index is 0.000000247. The monoisotopic (exact) mass is 642 g/mol. The molecule has 3 rings (SSSR count). The molecule has 0 nitrogen and oxygen atoms in total. The van der Waals surface area contributed by atoms with Crippen LogP contribution >= 0.6 is 0 Å². The summed E-state index contributed by atoms with van der Waals surface area (Å²) in [5.74, 6) is 0. The zero-order chi connectivity index (χ0) is 22.9. The molecule has 0 bridgehead atoms. The first-order valence-corrected chi connectivity index (χ1v) is 23.0. The van der Waals surface area contributed by atoms with E-state index in [1.165, 1.54) is 49.3 Å². The zero-order valence-corrected chi connectivity index (χ0v) is 26.2. The molecular weight excluding hydrogens is 598 g/mol. The van der Waals surface area contributed by atoms with Gasteiger partial charge in [0.1, 0.15) is 0 Å². The molecule has 0 heterocycles. The molecule has 0 spiro atoms. The molecule has 0 unspecified atom stereocenters. The van der Waals surface area contributed by atoms with Crippen LogP contribution in [0.1, 0.15) is 59.3 Å². The summed E-state index contributed by atoms with van der Waals surface area (Å²) < 4.78 is 9.63. The minimum atomic E-state index is -1.98. The maximum atomic E-state index is 2.33. The molecule has 3 aromatic rings. The standard InChI is InChI=1S/3C6H5.3C4H9.2Sn/c3*1-2-4-6-5-3-1;3*1-3-4-2;;/h3*1-5H;3*1,3-4H2,2H3;;. The van der Waals surface area contributed by atoms with Crippen molar-refractivity contribution in [3.8, 4) is 0 Å². The number of hydrogen-bond donors (Lipinski definition) is 0. The van der Waals surface area contributed by atoms with Gasteiger partial charge in [-0.05, 0) is 0 Å². The molecular formula is C30H42Sn2. The first kappa shape index (κ1) is 27.5. The Morgan fingerprint density at radius 3 is 0.969 bits per heavy atom. The van der Waals surface area contributed by atoms with E-state index >= 15 is 0 Å². The molecule has 2 heteroatoms. The Labute approximate surface area is 212 Å². The second-order valence-electron chi connectivity index (χ2n) is 8.53. The van der Waals surface area contributed by atoms with Gasteiger partial charge >= 0.3 is 214 Å². The topological polar surface area (TPSA) is 0 Å². The quantitative estimate of drug-likeness (QED) is 0.186. The molecule has 0 N–H and O–H groups in total. The predicted octanol–water partition coefficient (Wildman–Crippen LogP) is 7.08. The number of unbranched alkanes of at least 4 members (excludes halogenated alkanes) is 3. The zero-order valence-electron chi connectivity index (χ0n) is 20.5. The first-order valence-electron chi connectivity index (χ1n) is 12.7. The van der Waals surface area contributed by atoms with E-state index < -0.39 is 39.5 Å². The number of hydrogen-bond acceptors (Lipinski definition) is 0. The summed E-state index contributed by atoms with van der Waals surface area (Å²) in [6.07, 6.45) is 8.85. The van der Waals surface area contributed by atoms with Gasteiger partial charge in [0.2, 0.25) is 0 Å². The van der Waals surface area contributed by atoms with Crippen LogP contribution in [0.15, 0.2) is 91.0 Å². The average molecular weight is 640 g/mol. The van der Waals surface area contributed by atoms with E-state index in [0.29, 0.717) is 0 Å². The maximum absolute atomic E-state index is 2.33. The van der Waals surface area contributed by atoms with Crippen LogP contribution in [0.4, 0.5) is 0 Å². The van der Waals surface area contributed by atoms with E-state index in [1.54, 1.807) is 13.3 Å². The second kappa shape index (κ2) is 17.7. The third-order valence-electron chi connectivity index (χ3n) is 5.84. The van der Waals surface area contributed by atoms with Crippen LogP contribution in [0.3, 0.4) is 0 Å². The SMILES string of the molecule is CCC[CH2][Sn]([CH2]CCC)[CH2]CCC.c1cc[c]([Sn]([c]2ccccc2)[c]2ccccc2)cc1. The van der Waals surface area contributed by atoms with Crippen molar-refractivity contribution in [2.75, 3.05) is 0 Å². The Morgan fingerprint density at radius 2 is 0.719 bits per heavy atom. The summed E-state index contributed by atoms with van der Waals surface area (Å²) in [6.45, 7) is 7.00. The normalized spacial score (nSPS) is 10.8.